The minimum absolute atomic E-state index is 0.456. The van der Waals surface area contributed by atoms with Crippen LogP contribution in [0.1, 0.15) is 19.8 Å². The Morgan fingerprint density at radius 1 is 1.60 bits per heavy atom. The smallest absolute Gasteiger partial charge is 0.0478 e. The quantitative estimate of drug-likeness (QED) is 0.607. The monoisotopic (exact) mass is 335 g/mol. The molecule has 0 bridgehead atoms. The van der Waals surface area contributed by atoms with Crippen LogP contribution in [0, 0.1) is 3.57 Å². The van der Waals surface area contributed by atoms with E-state index in [1.165, 1.54) is 0 Å². The molecule has 0 aliphatic heterocycles. The van der Waals surface area contributed by atoms with E-state index in [-0.39, 0.29) is 0 Å². The molecular weight excluding hydrogens is 320 g/mol. The van der Waals surface area contributed by atoms with Gasteiger partial charge < -0.3 is 5.32 Å². The molecule has 1 aromatic rings. The summed E-state index contributed by atoms with van der Waals surface area (Å²) in [5.74, 6) is 0. The molecule has 1 unspecified atom stereocenters. The van der Waals surface area contributed by atoms with Gasteiger partial charge in [-0.3, -0.25) is 0 Å². The third kappa shape index (κ3) is 4.43. The average molecular weight is 336 g/mol. The molecule has 0 heterocycles. The Morgan fingerprint density at radius 2 is 2.33 bits per heavy atom. The summed E-state index contributed by atoms with van der Waals surface area (Å²) in [6.45, 7) is 5.90. The predicted octanol–water partition coefficient (Wildman–Crippen LogP) is 4.71. The number of allylic oxidation sites excluding steroid dienone is 1. The van der Waals surface area contributed by atoms with Gasteiger partial charge in [0.15, 0.2) is 0 Å². The summed E-state index contributed by atoms with van der Waals surface area (Å²) in [6.07, 6.45) is 4.09. The summed E-state index contributed by atoms with van der Waals surface area (Å²) in [5.41, 5.74) is 1.15. The van der Waals surface area contributed by atoms with E-state index in [9.17, 15) is 0 Å². The van der Waals surface area contributed by atoms with Crippen LogP contribution in [0.15, 0.2) is 30.9 Å². The summed E-state index contributed by atoms with van der Waals surface area (Å²) in [7, 11) is 0. The van der Waals surface area contributed by atoms with Gasteiger partial charge in [-0.15, -0.1) is 6.58 Å². The molecule has 0 radical (unpaired) electrons. The van der Waals surface area contributed by atoms with Crippen molar-refractivity contribution in [2.24, 2.45) is 0 Å². The Balaban J connectivity index is 2.59. The molecule has 1 atom stereocenters. The van der Waals surface area contributed by atoms with Gasteiger partial charge in [-0.05, 0) is 60.6 Å². The summed E-state index contributed by atoms with van der Waals surface area (Å²) < 4.78 is 1.16. The standard InChI is InChI=1S/C12H15ClIN/c1-3-4-5-9(2)15-12-7-6-10(13)8-11(12)14/h3,6-9,15H,1,4-5H2,2H3. The molecule has 15 heavy (non-hydrogen) atoms. The highest BCUT2D eigenvalue weighted by molar-refractivity contribution is 14.1. The molecule has 0 saturated heterocycles. The number of hydrogen-bond acceptors (Lipinski definition) is 1. The summed E-state index contributed by atoms with van der Waals surface area (Å²) >= 11 is 8.18. The van der Waals surface area contributed by atoms with Gasteiger partial charge in [-0.25, -0.2) is 0 Å². The first-order valence-electron chi connectivity index (χ1n) is 4.96. The minimum Gasteiger partial charge on any atom is -0.382 e. The molecule has 0 aromatic heterocycles. The zero-order valence-electron chi connectivity index (χ0n) is 8.76. The van der Waals surface area contributed by atoms with Crippen molar-refractivity contribution in [2.45, 2.75) is 25.8 Å². The van der Waals surface area contributed by atoms with E-state index in [0.717, 1.165) is 27.1 Å². The third-order valence-electron chi connectivity index (χ3n) is 2.14. The van der Waals surface area contributed by atoms with Crippen molar-refractivity contribution >= 4 is 39.9 Å². The molecule has 0 aliphatic carbocycles. The van der Waals surface area contributed by atoms with Gasteiger partial charge in [-0.2, -0.15) is 0 Å². The van der Waals surface area contributed by atoms with E-state index in [1.807, 2.05) is 24.3 Å². The second-order valence-electron chi connectivity index (χ2n) is 3.54. The first-order chi connectivity index (χ1) is 7.13. The lowest BCUT2D eigenvalue weighted by molar-refractivity contribution is 0.718. The first-order valence-corrected chi connectivity index (χ1v) is 6.41. The third-order valence-corrected chi connectivity index (χ3v) is 3.26. The number of benzene rings is 1. The molecule has 1 nitrogen and oxygen atoms in total. The van der Waals surface area contributed by atoms with Crippen molar-refractivity contribution < 1.29 is 0 Å². The molecule has 0 fully saturated rings. The number of anilines is 1. The van der Waals surface area contributed by atoms with Crippen molar-refractivity contribution in [1.29, 1.82) is 0 Å². The highest BCUT2D eigenvalue weighted by Crippen LogP contribution is 2.23. The van der Waals surface area contributed by atoms with Crippen LogP contribution in [-0.4, -0.2) is 6.04 Å². The van der Waals surface area contributed by atoms with E-state index >= 15 is 0 Å². The maximum Gasteiger partial charge on any atom is 0.0478 e. The second kappa shape index (κ2) is 6.38. The largest absolute Gasteiger partial charge is 0.382 e. The minimum atomic E-state index is 0.456. The van der Waals surface area contributed by atoms with Crippen LogP contribution < -0.4 is 5.32 Å². The fourth-order valence-electron chi connectivity index (χ4n) is 1.31. The average Bonchev–Trinajstić information content (AvgIpc) is 2.19. The van der Waals surface area contributed by atoms with E-state index in [1.54, 1.807) is 0 Å². The Hall–Kier alpha value is -0.220. The Kier molecular flexibility index (Phi) is 5.47. The van der Waals surface area contributed by atoms with Crippen LogP contribution in [0.4, 0.5) is 5.69 Å². The SMILES string of the molecule is C=CCCC(C)Nc1ccc(Cl)cc1I. The lowest BCUT2D eigenvalue weighted by Crippen LogP contribution is -2.15. The Labute approximate surface area is 110 Å². The van der Waals surface area contributed by atoms with Crippen LogP contribution in [0.5, 0.6) is 0 Å². The Morgan fingerprint density at radius 3 is 2.93 bits per heavy atom. The molecule has 0 aliphatic rings. The molecule has 3 heteroatoms. The van der Waals surface area contributed by atoms with Gasteiger partial charge in [0, 0.05) is 20.3 Å². The van der Waals surface area contributed by atoms with Gasteiger partial charge in [0.2, 0.25) is 0 Å². The number of hydrogen-bond donors (Lipinski definition) is 1. The molecule has 1 N–H and O–H groups in total. The zero-order chi connectivity index (χ0) is 11.3. The van der Waals surface area contributed by atoms with E-state index in [2.05, 4.69) is 41.4 Å². The van der Waals surface area contributed by atoms with Crippen LogP contribution in [0.3, 0.4) is 0 Å². The maximum atomic E-state index is 5.89. The highest BCUT2D eigenvalue weighted by atomic mass is 127. The van der Waals surface area contributed by atoms with Gasteiger partial charge in [-0.1, -0.05) is 17.7 Å². The van der Waals surface area contributed by atoms with E-state index < -0.39 is 0 Å². The van der Waals surface area contributed by atoms with E-state index in [4.69, 9.17) is 11.6 Å². The van der Waals surface area contributed by atoms with Crippen molar-refractivity contribution in [3.05, 3.63) is 39.4 Å². The van der Waals surface area contributed by atoms with Crippen LogP contribution in [0.25, 0.3) is 0 Å². The molecule has 82 valence electrons. The van der Waals surface area contributed by atoms with Gasteiger partial charge >= 0.3 is 0 Å². The number of rotatable bonds is 5. The van der Waals surface area contributed by atoms with Gasteiger partial charge in [0.25, 0.3) is 0 Å². The van der Waals surface area contributed by atoms with Crippen molar-refractivity contribution in [2.75, 3.05) is 5.32 Å². The summed E-state index contributed by atoms with van der Waals surface area (Å²) in [5, 5.41) is 4.24. The predicted molar refractivity (Wildman–Crippen MR) is 76.7 cm³/mol. The number of halogens is 2. The fraction of sp³-hybridized carbons (Fsp3) is 0.333. The topological polar surface area (TPSA) is 12.0 Å². The van der Waals surface area contributed by atoms with Crippen molar-refractivity contribution in [1.82, 2.24) is 0 Å². The maximum absolute atomic E-state index is 5.89. The van der Waals surface area contributed by atoms with Crippen LogP contribution in [0.2, 0.25) is 5.02 Å². The molecular formula is C12H15ClIN. The summed E-state index contributed by atoms with van der Waals surface area (Å²) in [4.78, 5) is 0. The Bertz CT molecular complexity index is 338. The van der Waals surface area contributed by atoms with Gasteiger partial charge in [0.05, 0.1) is 0 Å². The fourth-order valence-corrected chi connectivity index (χ4v) is 2.34. The first kappa shape index (κ1) is 12.8. The molecule has 1 aromatic carbocycles. The van der Waals surface area contributed by atoms with Crippen LogP contribution >= 0.6 is 34.2 Å². The van der Waals surface area contributed by atoms with E-state index in [0.29, 0.717) is 6.04 Å². The second-order valence-corrected chi connectivity index (χ2v) is 5.13. The molecule has 0 spiro atoms. The molecule has 0 amide bonds. The van der Waals surface area contributed by atoms with Crippen LogP contribution in [-0.2, 0) is 0 Å². The normalized spacial score (nSPS) is 12.2. The zero-order valence-corrected chi connectivity index (χ0v) is 11.7. The molecule has 0 saturated carbocycles. The summed E-state index contributed by atoms with van der Waals surface area (Å²) in [6, 6.07) is 6.35. The lowest BCUT2D eigenvalue weighted by Gasteiger charge is -2.15. The highest BCUT2D eigenvalue weighted by Gasteiger charge is 2.04. The lowest BCUT2D eigenvalue weighted by atomic mass is 10.1. The van der Waals surface area contributed by atoms with Gasteiger partial charge in [0.1, 0.15) is 0 Å². The van der Waals surface area contributed by atoms with Crippen molar-refractivity contribution in [3.63, 3.8) is 0 Å². The molecule has 1 rings (SSSR count). The van der Waals surface area contributed by atoms with Crippen molar-refractivity contribution in [3.8, 4) is 0 Å². The number of nitrogens with one attached hydrogen (secondary N) is 1.